The van der Waals surface area contributed by atoms with E-state index in [9.17, 15) is 13.2 Å². The Bertz CT molecular complexity index is 922. The second-order valence-electron chi connectivity index (χ2n) is 6.01. The number of sulfonamides is 1. The van der Waals surface area contributed by atoms with Gasteiger partial charge in [0.05, 0.1) is 15.6 Å². The zero-order valence-electron chi connectivity index (χ0n) is 15.3. The van der Waals surface area contributed by atoms with Crippen LogP contribution in [-0.4, -0.2) is 31.7 Å². The Morgan fingerprint density at radius 1 is 1.08 bits per heavy atom. The third-order valence-corrected chi connectivity index (χ3v) is 6.65. The van der Waals surface area contributed by atoms with Crippen molar-refractivity contribution in [2.24, 2.45) is 0 Å². The maximum atomic E-state index is 12.8. The van der Waals surface area contributed by atoms with Gasteiger partial charge in [0, 0.05) is 18.7 Å². The van der Waals surface area contributed by atoms with Crippen molar-refractivity contribution in [3.05, 3.63) is 58.1 Å². The van der Waals surface area contributed by atoms with Gasteiger partial charge in [-0.15, -0.1) is 0 Å². The van der Waals surface area contributed by atoms with Crippen LogP contribution in [-0.2, 0) is 10.0 Å². The first-order valence-corrected chi connectivity index (χ1v) is 10.2. The number of aryl methyl sites for hydroxylation is 2. The molecule has 0 heterocycles. The molecule has 2 rings (SSSR count). The van der Waals surface area contributed by atoms with Gasteiger partial charge in [-0.3, -0.25) is 4.79 Å². The van der Waals surface area contributed by atoms with Gasteiger partial charge in [0.25, 0.3) is 5.91 Å². The summed E-state index contributed by atoms with van der Waals surface area (Å²) in [5.41, 5.74) is 2.33. The number of rotatable bonds is 6. The molecule has 2 aromatic rings. The van der Waals surface area contributed by atoms with E-state index in [0.29, 0.717) is 29.4 Å². The summed E-state index contributed by atoms with van der Waals surface area (Å²) in [6.45, 7) is 7.93. The molecule has 5 nitrogen and oxygen atoms in total. The highest BCUT2D eigenvalue weighted by atomic mass is 35.5. The van der Waals surface area contributed by atoms with Gasteiger partial charge in [-0.1, -0.05) is 37.6 Å². The lowest BCUT2D eigenvalue weighted by atomic mass is 10.1. The number of halogens is 1. The van der Waals surface area contributed by atoms with E-state index in [-0.39, 0.29) is 10.5 Å². The number of benzene rings is 2. The summed E-state index contributed by atoms with van der Waals surface area (Å²) in [7, 11) is -3.65. The molecule has 0 aliphatic heterocycles. The number of carbonyl (C=O) groups is 1. The van der Waals surface area contributed by atoms with E-state index >= 15 is 0 Å². The molecule has 0 saturated carbocycles. The van der Waals surface area contributed by atoms with Crippen LogP contribution >= 0.6 is 11.6 Å². The Morgan fingerprint density at radius 3 is 2.31 bits per heavy atom. The fraction of sp³-hybridized carbons (Fsp3) is 0.316. The minimum Gasteiger partial charge on any atom is -0.321 e. The Kier molecular flexibility index (Phi) is 6.44. The number of carbonyl (C=O) groups excluding carboxylic acids is 1. The summed E-state index contributed by atoms with van der Waals surface area (Å²) in [6.07, 6.45) is 0. The fourth-order valence-electron chi connectivity index (χ4n) is 2.64. The van der Waals surface area contributed by atoms with E-state index < -0.39 is 15.9 Å². The lowest BCUT2D eigenvalue weighted by Gasteiger charge is -2.20. The van der Waals surface area contributed by atoms with Gasteiger partial charge in [-0.25, -0.2) is 8.42 Å². The molecule has 140 valence electrons. The van der Waals surface area contributed by atoms with Crippen molar-refractivity contribution < 1.29 is 13.2 Å². The van der Waals surface area contributed by atoms with Crippen molar-refractivity contribution in [2.75, 3.05) is 18.4 Å². The number of anilines is 1. The zero-order valence-corrected chi connectivity index (χ0v) is 16.9. The maximum absolute atomic E-state index is 12.8. The van der Waals surface area contributed by atoms with Crippen LogP contribution in [0.25, 0.3) is 0 Å². The van der Waals surface area contributed by atoms with Crippen LogP contribution in [0.3, 0.4) is 0 Å². The number of hydrogen-bond donors (Lipinski definition) is 1. The van der Waals surface area contributed by atoms with E-state index in [0.717, 1.165) is 5.56 Å². The summed E-state index contributed by atoms with van der Waals surface area (Å²) >= 11 is 6.15. The minimum absolute atomic E-state index is 0.142. The highest BCUT2D eigenvalue weighted by Crippen LogP contribution is 2.25. The summed E-state index contributed by atoms with van der Waals surface area (Å²) in [6, 6.07) is 9.98. The quantitative estimate of drug-likeness (QED) is 0.796. The molecular weight excluding hydrogens is 372 g/mol. The van der Waals surface area contributed by atoms with Gasteiger partial charge < -0.3 is 5.32 Å². The van der Waals surface area contributed by atoms with E-state index in [2.05, 4.69) is 5.32 Å². The molecule has 1 amide bonds. The Labute approximate surface area is 160 Å². The van der Waals surface area contributed by atoms with Crippen molar-refractivity contribution >= 4 is 33.2 Å². The lowest BCUT2D eigenvalue weighted by Crippen LogP contribution is -2.31. The third kappa shape index (κ3) is 4.26. The highest BCUT2D eigenvalue weighted by Gasteiger charge is 2.24. The molecule has 0 fully saturated rings. The van der Waals surface area contributed by atoms with Crippen molar-refractivity contribution in [2.45, 2.75) is 32.6 Å². The van der Waals surface area contributed by atoms with Crippen LogP contribution in [0.4, 0.5) is 5.69 Å². The second kappa shape index (κ2) is 8.20. The smallest absolute Gasteiger partial charge is 0.255 e. The van der Waals surface area contributed by atoms with Gasteiger partial charge >= 0.3 is 0 Å². The van der Waals surface area contributed by atoms with Gasteiger partial charge in [-0.05, 0) is 49.2 Å². The molecule has 0 aliphatic rings. The van der Waals surface area contributed by atoms with Crippen LogP contribution in [0.1, 0.15) is 35.3 Å². The average Bonchev–Trinajstić information content (AvgIpc) is 2.58. The van der Waals surface area contributed by atoms with Gasteiger partial charge in [0.15, 0.2) is 0 Å². The molecule has 1 N–H and O–H groups in total. The molecule has 0 radical (unpaired) electrons. The summed E-state index contributed by atoms with van der Waals surface area (Å²) in [5.74, 6) is -0.410. The SMILES string of the molecule is CCN(CC)S(=O)(=O)c1cc(C(=O)Nc2ccc(C)cc2Cl)ccc1C. The van der Waals surface area contributed by atoms with E-state index in [1.165, 1.54) is 10.4 Å². The molecule has 2 aromatic carbocycles. The zero-order chi connectivity index (χ0) is 19.5. The van der Waals surface area contributed by atoms with Crippen LogP contribution in [0.5, 0.6) is 0 Å². The number of amides is 1. The predicted octanol–water partition coefficient (Wildman–Crippen LogP) is 4.24. The predicted molar refractivity (Wildman–Crippen MR) is 105 cm³/mol. The summed E-state index contributed by atoms with van der Waals surface area (Å²) in [5, 5.41) is 3.16. The average molecular weight is 395 g/mol. The minimum atomic E-state index is -3.65. The largest absolute Gasteiger partial charge is 0.321 e. The first-order chi connectivity index (χ1) is 12.2. The molecule has 0 aromatic heterocycles. The molecule has 0 aliphatic carbocycles. The van der Waals surface area contributed by atoms with E-state index in [1.807, 2.05) is 13.0 Å². The molecule has 0 bridgehead atoms. The van der Waals surface area contributed by atoms with Gasteiger partial charge in [-0.2, -0.15) is 4.31 Å². The van der Waals surface area contributed by atoms with Gasteiger partial charge in [0.2, 0.25) is 10.0 Å². The Hall–Kier alpha value is -1.89. The molecule has 0 saturated heterocycles. The molecule has 26 heavy (non-hydrogen) atoms. The molecule has 0 atom stereocenters. The van der Waals surface area contributed by atoms with Crippen molar-refractivity contribution in [1.82, 2.24) is 4.31 Å². The monoisotopic (exact) mass is 394 g/mol. The number of hydrogen-bond acceptors (Lipinski definition) is 3. The third-order valence-electron chi connectivity index (χ3n) is 4.15. The van der Waals surface area contributed by atoms with Crippen molar-refractivity contribution in [3.63, 3.8) is 0 Å². The van der Waals surface area contributed by atoms with E-state index in [4.69, 9.17) is 11.6 Å². The van der Waals surface area contributed by atoms with Gasteiger partial charge in [0.1, 0.15) is 0 Å². The molecule has 0 spiro atoms. The van der Waals surface area contributed by atoms with Crippen LogP contribution in [0.15, 0.2) is 41.3 Å². The standard InChI is InChI=1S/C19H23ClN2O3S/c1-5-22(6-2)26(24,25)18-12-15(9-8-14(18)4)19(23)21-17-10-7-13(3)11-16(17)20/h7-12H,5-6H2,1-4H3,(H,21,23). The Morgan fingerprint density at radius 2 is 1.73 bits per heavy atom. The fourth-order valence-corrected chi connectivity index (χ4v) is 4.63. The van der Waals surface area contributed by atoms with E-state index in [1.54, 1.807) is 45.0 Å². The maximum Gasteiger partial charge on any atom is 0.255 e. The van der Waals surface area contributed by atoms with Crippen molar-refractivity contribution in [1.29, 1.82) is 0 Å². The second-order valence-corrected chi connectivity index (χ2v) is 8.32. The van der Waals surface area contributed by atoms with Crippen LogP contribution in [0, 0.1) is 13.8 Å². The lowest BCUT2D eigenvalue weighted by molar-refractivity contribution is 0.102. The summed E-state index contributed by atoms with van der Waals surface area (Å²) in [4.78, 5) is 12.7. The van der Waals surface area contributed by atoms with Crippen LogP contribution in [0.2, 0.25) is 5.02 Å². The van der Waals surface area contributed by atoms with Crippen LogP contribution < -0.4 is 5.32 Å². The molecule has 0 unspecified atom stereocenters. The van der Waals surface area contributed by atoms with Crippen molar-refractivity contribution in [3.8, 4) is 0 Å². The first-order valence-electron chi connectivity index (χ1n) is 8.39. The molecular formula is C19H23ClN2O3S. The normalized spacial score (nSPS) is 11.6. The number of nitrogens with zero attached hydrogens (tertiary/aromatic N) is 1. The highest BCUT2D eigenvalue weighted by molar-refractivity contribution is 7.89. The first kappa shape index (κ1) is 20.4. The molecule has 7 heteroatoms. The Balaban J connectivity index is 2.38. The number of nitrogens with one attached hydrogen (secondary N) is 1. The summed E-state index contributed by atoms with van der Waals surface area (Å²) < 4.78 is 27.0. The topological polar surface area (TPSA) is 66.5 Å².